The van der Waals surface area contributed by atoms with Crippen molar-refractivity contribution in [3.05, 3.63) is 42.5 Å². The summed E-state index contributed by atoms with van der Waals surface area (Å²) in [4.78, 5) is 0. The molecule has 0 saturated heterocycles. The lowest BCUT2D eigenvalue weighted by Crippen LogP contribution is -2.14. The Labute approximate surface area is 100 Å². The topological polar surface area (TPSA) is 69.2 Å². The van der Waals surface area contributed by atoms with E-state index in [-0.39, 0.29) is 6.54 Å². The normalized spacial score (nSPS) is 11.6. The SMILES string of the molecule is O=S(=O)([O-])CCNc1cccc2ccccc12. The Morgan fingerprint density at radius 2 is 1.76 bits per heavy atom. The number of nitrogens with one attached hydrogen (secondary N) is 1. The Kier molecular flexibility index (Phi) is 3.31. The predicted molar refractivity (Wildman–Crippen MR) is 67.0 cm³/mol. The minimum atomic E-state index is -4.16. The lowest BCUT2D eigenvalue weighted by Gasteiger charge is -2.11. The summed E-state index contributed by atoms with van der Waals surface area (Å²) < 4.78 is 31.5. The van der Waals surface area contributed by atoms with Gasteiger partial charge in [0.2, 0.25) is 0 Å². The van der Waals surface area contributed by atoms with E-state index in [1.165, 1.54) is 0 Å². The molecule has 0 aromatic heterocycles. The minimum Gasteiger partial charge on any atom is -0.748 e. The van der Waals surface area contributed by atoms with Gasteiger partial charge in [-0.2, -0.15) is 0 Å². The summed E-state index contributed by atoms with van der Waals surface area (Å²) in [5, 5.41) is 5.05. The fraction of sp³-hybridized carbons (Fsp3) is 0.167. The number of hydrogen-bond acceptors (Lipinski definition) is 4. The molecule has 0 aliphatic carbocycles. The molecule has 0 spiro atoms. The first kappa shape index (κ1) is 11.9. The zero-order valence-electron chi connectivity index (χ0n) is 9.09. The van der Waals surface area contributed by atoms with Gasteiger partial charge >= 0.3 is 0 Å². The number of anilines is 1. The van der Waals surface area contributed by atoms with Crippen LogP contribution in [0.2, 0.25) is 0 Å². The van der Waals surface area contributed by atoms with Crippen LogP contribution >= 0.6 is 0 Å². The first-order valence-electron chi connectivity index (χ1n) is 5.21. The van der Waals surface area contributed by atoms with Crippen LogP contribution in [0.3, 0.4) is 0 Å². The van der Waals surface area contributed by atoms with Gasteiger partial charge in [0.25, 0.3) is 0 Å². The highest BCUT2D eigenvalue weighted by molar-refractivity contribution is 7.85. The fourth-order valence-corrected chi connectivity index (χ4v) is 2.04. The standard InChI is InChI=1S/C12H13NO3S/c14-17(15,16)9-8-13-12-7-3-5-10-4-1-2-6-11(10)12/h1-7,13H,8-9H2,(H,14,15,16)/p-1. The van der Waals surface area contributed by atoms with Crippen LogP contribution in [0, 0.1) is 0 Å². The molecular weight excluding hydrogens is 238 g/mol. The van der Waals surface area contributed by atoms with Gasteiger partial charge < -0.3 is 9.87 Å². The molecule has 0 amide bonds. The van der Waals surface area contributed by atoms with E-state index >= 15 is 0 Å². The van der Waals surface area contributed by atoms with Gasteiger partial charge in [-0.15, -0.1) is 0 Å². The molecule has 90 valence electrons. The van der Waals surface area contributed by atoms with Crippen LogP contribution in [0.5, 0.6) is 0 Å². The third-order valence-corrected chi connectivity index (χ3v) is 3.16. The summed E-state index contributed by atoms with van der Waals surface area (Å²) in [5.41, 5.74) is 0.840. The second kappa shape index (κ2) is 4.73. The maximum absolute atomic E-state index is 10.5. The van der Waals surface area contributed by atoms with Crippen molar-refractivity contribution in [2.75, 3.05) is 17.6 Å². The van der Waals surface area contributed by atoms with Gasteiger partial charge in [0.05, 0.1) is 15.9 Å². The van der Waals surface area contributed by atoms with Crippen molar-refractivity contribution in [2.24, 2.45) is 0 Å². The lowest BCUT2D eigenvalue weighted by atomic mass is 10.1. The number of hydrogen-bond donors (Lipinski definition) is 1. The van der Waals surface area contributed by atoms with Crippen LogP contribution in [-0.4, -0.2) is 25.3 Å². The van der Waals surface area contributed by atoms with E-state index in [1.54, 1.807) is 0 Å². The molecule has 0 radical (unpaired) electrons. The molecule has 2 aromatic rings. The van der Waals surface area contributed by atoms with E-state index < -0.39 is 15.9 Å². The average molecular weight is 250 g/mol. The Hall–Kier alpha value is -1.59. The van der Waals surface area contributed by atoms with Crippen molar-refractivity contribution in [1.29, 1.82) is 0 Å². The molecular formula is C12H12NO3S-. The van der Waals surface area contributed by atoms with Crippen molar-refractivity contribution < 1.29 is 13.0 Å². The van der Waals surface area contributed by atoms with Gasteiger partial charge in [-0.3, -0.25) is 0 Å². The highest BCUT2D eigenvalue weighted by Gasteiger charge is 2.00. The van der Waals surface area contributed by atoms with E-state index in [9.17, 15) is 13.0 Å². The molecule has 0 atom stereocenters. The Morgan fingerprint density at radius 1 is 1.06 bits per heavy atom. The van der Waals surface area contributed by atoms with E-state index in [2.05, 4.69) is 5.32 Å². The molecule has 0 heterocycles. The molecule has 0 saturated carbocycles. The van der Waals surface area contributed by atoms with Gasteiger partial charge in [0.1, 0.15) is 0 Å². The highest BCUT2D eigenvalue weighted by Crippen LogP contribution is 2.22. The van der Waals surface area contributed by atoms with Gasteiger partial charge in [0, 0.05) is 17.6 Å². The van der Waals surface area contributed by atoms with Gasteiger partial charge in [-0.05, 0) is 11.5 Å². The predicted octanol–water partition coefficient (Wildman–Crippen LogP) is 1.80. The highest BCUT2D eigenvalue weighted by atomic mass is 32.2. The largest absolute Gasteiger partial charge is 0.748 e. The summed E-state index contributed by atoms with van der Waals surface area (Å²) in [6, 6.07) is 13.5. The van der Waals surface area contributed by atoms with E-state index in [4.69, 9.17) is 0 Å². The molecule has 1 N–H and O–H groups in total. The average Bonchev–Trinajstić information content (AvgIpc) is 2.28. The smallest absolute Gasteiger partial charge is 0.0963 e. The van der Waals surface area contributed by atoms with Crippen molar-refractivity contribution in [2.45, 2.75) is 0 Å². The molecule has 0 unspecified atom stereocenters. The second-order valence-corrected chi connectivity index (χ2v) is 5.24. The summed E-state index contributed by atoms with van der Waals surface area (Å²) in [7, 11) is -4.16. The van der Waals surface area contributed by atoms with Crippen molar-refractivity contribution >= 4 is 26.6 Å². The van der Waals surface area contributed by atoms with Crippen LogP contribution in [0.4, 0.5) is 5.69 Å². The summed E-state index contributed by atoms with van der Waals surface area (Å²) in [6.45, 7) is 0.125. The Bertz CT molecular complexity index is 617. The Balaban J connectivity index is 2.19. The van der Waals surface area contributed by atoms with Crippen LogP contribution in [0.25, 0.3) is 10.8 Å². The number of benzene rings is 2. The number of rotatable bonds is 4. The first-order chi connectivity index (χ1) is 8.06. The van der Waals surface area contributed by atoms with Crippen molar-refractivity contribution in [1.82, 2.24) is 0 Å². The summed E-state index contributed by atoms with van der Waals surface area (Å²) in [5.74, 6) is -0.407. The van der Waals surface area contributed by atoms with Gasteiger partial charge in [0.15, 0.2) is 0 Å². The quantitative estimate of drug-likeness (QED) is 0.840. The monoisotopic (exact) mass is 250 g/mol. The first-order valence-corrected chi connectivity index (χ1v) is 6.79. The van der Waals surface area contributed by atoms with Crippen LogP contribution < -0.4 is 5.32 Å². The van der Waals surface area contributed by atoms with Crippen molar-refractivity contribution in [3.63, 3.8) is 0 Å². The molecule has 0 aliphatic rings. The van der Waals surface area contributed by atoms with E-state index in [0.717, 1.165) is 16.5 Å². The fourth-order valence-electron chi connectivity index (χ4n) is 1.69. The minimum absolute atomic E-state index is 0.125. The lowest BCUT2D eigenvalue weighted by molar-refractivity contribution is 0.464. The third-order valence-electron chi connectivity index (χ3n) is 2.46. The number of fused-ring (bicyclic) bond motifs is 1. The molecule has 2 rings (SSSR count). The molecule has 0 bridgehead atoms. The third kappa shape index (κ3) is 3.18. The van der Waals surface area contributed by atoms with Crippen LogP contribution in [-0.2, 0) is 10.1 Å². The van der Waals surface area contributed by atoms with Crippen LogP contribution in [0.1, 0.15) is 0 Å². The second-order valence-electron chi connectivity index (χ2n) is 3.72. The molecule has 0 aliphatic heterocycles. The molecule has 17 heavy (non-hydrogen) atoms. The maximum Gasteiger partial charge on any atom is 0.0963 e. The summed E-state index contributed by atoms with van der Waals surface area (Å²) >= 11 is 0. The van der Waals surface area contributed by atoms with Gasteiger partial charge in [-0.1, -0.05) is 36.4 Å². The maximum atomic E-state index is 10.5. The molecule has 4 nitrogen and oxygen atoms in total. The molecule has 2 aromatic carbocycles. The summed E-state index contributed by atoms with van der Waals surface area (Å²) in [6.07, 6.45) is 0. The zero-order chi connectivity index (χ0) is 12.3. The zero-order valence-corrected chi connectivity index (χ0v) is 9.91. The van der Waals surface area contributed by atoms with Crippen molar-refractivity contribution in [3.8, 4) is 0 Å². The van der Waals surface area contributed by atoms with E-state index in [0.29, 0.717) is 0 Å². The molecule has 0 fully saturated rings. The Morgan fingerprint density at radius 3 is 2.53 bits per heavy atom. The van der Waals surface area contributed by atoms with E-state index in [1.807, 2.05) is 42.5 Å². The molecule has 5 heteroatoms. The van der Waals surface area contributed by atoms with Crippen LogP contribution in [0.15, 0.2) is 42.5 Å². The van der Waals surface area contributed by atoms with Gasteiger partial charge in [-0.25, -0.2) is 8.42 Å².